The molecule has 13 heavy (non-hydrogen) atoms. The molecule has 0 aromatic rings. The summed E-state index contributed by atoms with van der Waals surface area (Å²) < 4.78 is 0. The highest BCUT2D eigenvalue weighted by atomic mass is 35.5. The van der Waals surface area contributed by atoms with E-state index in [4.69, 9.17) is 5.73 Å². The molecule has 0 atom stereocenters. The summed E-state index contributed by atoms with van der Waals surface area (Å²) in [5.74, 6) is 0.984. The molecule has 0 amide bonds. The Bertz CT molecular complexity index is 143. The number of hydrogen-bond acceptors (Lipinski definition) is 2. The molecule has 2 fully saturated rings. The van der Waals surface area contributed by atoms with Crippen LogP contribution in [0.2, 0.25) is 0 Å². The second-order valence-corrected chi connectivity index (χ2v) is 4.26. The second kappa shape index (κ2) is 5.40. The third-order valence-electron chi connectivity index (χ3n) is 2.99. The van der Waals surface area contributed by atoms with E-state index in [0.29, 0.717) is 0 Å². The smallest absolute Gasteiger partial charge is 0.0181 e. The lowest BCUT2D eigenvalue weighted by Crippen LogP contribution is -2.49. The molecule has 0 bridgehead atoms. The number of hydrogen-bond donors (Lipinski definition) is 2. The van der Waals surface area contributed by atoms with Crippen molar-refractivity contribution in [2.75, 3.05) is 13.1 Å². The third kappa shape index (κ3) is 4.03. The van der Waals surface area contributed by atoms with Crippen LogP contribution in [0.15, 0.2) is 0 Å². The van der Waals surface area contributed by atoms with E-state index in [1.54, 1.807) is 0 Å². The van der Waals surface area contributed by atoms with Gasteiger partial charge in [0.15, 0.2) is 0 Å². The predicted octanol–water partition coefficient (Wildman–Crippen LogP) is 1.71. The lowest BCUT2D eigenvalue weighted by atomic mass is 9.84. The second-order valence-electron chi connectivity index (χ2n) is 4.26. The SMILES string of the molecule is Cl.Cl.NC1(CC2CC2)CCNCC1. The minimum absolute atomic E-state index is 0. The van der Waals surface area contributed by atoms with Gasteiger partial charge in [-0.2, -0.15) is 0 Å². The Morgan fingerprint density at radius 3 is 2.15 bits per heavy atom. The Morgan fingerprint density at radius 2 is 1.69 bits per heavy atom. The van der Waals surface area contributed by atoms with Gasteiger partial charge in [0.25, 0.3) is 0 Å². The van der Waals surface area contributed by atoms with Crippen molar-refractivity contribution in [2.24, 2.45) is 11.7 Å². The summed E-state index contributed by atoms with van der Waals surface area (Å²) in [6, 6.07) is 0. The Morgan fingerprint density at radius 1 is 1.15 bits per heavy atom. The van der Waals surface area contributed by atoms with Crippen molar-refractivity contribution in [2.45, 2.75) is 37.6 Å². The molecule has 80 valence electrons. The monoisotopic (exact) mass is 226 g/mol. The fourth-order valence-corrected chi connectivity index (χ4v) is 2.03. The lowest BCUT2D eigenvalue weighted by Gasteiger charge is -2.34. The Balaban J connectivity index is 0.000000720. The van der Waals surface area contributed by atoms with Crippen molar-refractivity contribution in [1.82, 2.24) is 5.32 Å². The molecule has 0 aromatic heterocycles. The van der Waals surface area contributed by atoms with Crippen molar-refractivity contribution >= 4 is 24.8 Å². The van der Waals surface area contributed by atoms with E-state index in [2.05, 4.69) is 5.32 Å². The third-order valence-corrected chi connectivity index (χ3v) is 2.99. The maximum absolute atomic E-state index is 6.26. The fraction of sp³-hybridized carbons (Fsp3) is 1.00. The average molecular weight is 227 g/mol. The summed E-state index contributed by atoms with van der Waals surface area (Å²) in [5.41, 5.74) is 6.46. The summed E-state index contributed by atoms with van der Waals surface area (Å²) in [6.45, 7) is 2.26. The molecule has 0 radical (unpaired) electrons. The molecule has 1 saturated carbocycles. The first-order chi connectivity index (χ1) is 5.29. The van der Waals surface area contributed by atoms with Crippen LogP contribution >= 0.6 is 24.8 Å². The van der Waals surface area contributed by atoms with E-state index < -0.39 is 0 Å². The van der Waals surface area contributed by atoms with Crippen LogP contribution in [0, 0.1) is 5.92 Å². The van der Waals surface area contributed by atoms with E-state index in [9.17, 15) is 0 Å². The molecule has 0 spiro atoms. The summed E-state index contributed by atoms with van der Waals surface area (Å²) in [5, 5.41) is 3.35. The maximum Gasteiger partial charge on any atom is 0.0181 e. The topological polar surface area (TPSA) is 38.0 Å². The van der Waals surface area contributed by atoms with Gasteiger partial charge in [0.2, 0.25) is 0 Å². The minimum Gasteiger partial charge on any atom is -0.325 e. The fourth-order valence-electron chi connectivity index (χ4n) is 2.03. The predicted molar refractivity (Wildman–Crippen MR) is 60.9 cm³/mol. The van der Waals surface area contributed by atoms with Gasteiger partial charge in [-0.15, -0.1) is 24.8 Å². The van der Waals surface area contributed by atoms with Gasteiger partial charge in [0.05, 0.1) is 0 Å². The molecule has 2 rings (SSSR count). The van der Waals surface area contributed by atoms with Crippen LogP contribution in [-0.2, 0) is 0 Å². The molecule has 4 heteroatoms. The summed E-state index contributed by atoms with van der Waals surface area (Å²) in [6.07, 6.45) is 6.53. The zero-order valence-corrected chi connectivity index (χ0v) is 9.55. The normalized spacial score (nSPS) is 25.6. The van der Waals surface area contributed by atoms with E-state index in [0.717, 1.165) is 19.0 Å². The molecular formula is C9H20Cl2N2. The van der Waals surface area contributed by atoms with Crippen molar-refractivity contribution in [1.29, 1.82) is 0 Å². The minimum atomic E-state index is 0. The van der Waals surface area contributed by atoms with Gasteiger partial charge in [-0.05, 0) is 38.3 Å². The summed E-state index contributed by atoms with van der Waals surface area (Å²) in [4.78, 5) is 0. The highest BCUT2D eigenvalue weighted by Gasteiger charge is 2.34. The Labute approximate surface area is 92.8 Å². The van der Waals surface area contributed by atoms with Gasteiger partial charge in [-0.25, -0.2) is 0 Å². The maximum atomic E-state index is 6.26. The Hall–Kier alpha value is 0.500. The van der Waals surface area contributed by atoms with Crippen LogP contribution < -0.4 is 11.1 Å². The van der Waals surface area contributed by atoms with Crippen LogP contribution in [0.3, 0.4) is 0 Å². The van der Waals surface area contributed by atoms with Crippen LogP contribution in [0.25, 0.3) is 0 Å². The van der Waals surface area contributed by atoms with Crippen LogP contribution in [-0.4, -0.2) is 18.6 Å². The van der Waals surface area contributed by atoms with Gasteiger partial charge < -0.3 is 11.1 Å². The van der Waals surface area contributed by atoms with Crippen LogP contribution in [0.5, 0.6) is 0 Å². The first kappa shape index (κ1) is 13.5. The van der Waals surface area contributed by atoms with Gasteiger partial charge in [-0.1, -0.05) is 12.8 Å². The largest absolute Gasteiger partial charge is 0.325 e. The number of rotatable bonds is 2. The molecule has 1 aliphatic carbocycles. The molecular weight excluding hydrogens is 207 g/mol. The zero-order valence-electron chi connectivity index (χ0n) is 7.92. The molecule has 1 aliphatic heterocycles. The van der Waals surface area contributed by atoms with Crippen LogP contribution in [0.4, 0.5) is 0 Å². The first-order valence-electron chi connectivity index (χ1n) is 4.78. The summed E-state index contributed by atoms with van der Waals surface area (Å²) >= 11 is 0. The number of halogens is 2. The highest BCUT2D eigenvalue weighted by molar-refractivity contribution is 5.85. The molecule has 1 heterocycles. The van der Waals surface area contributed by atoms with E-state index in [1.807, 2.05) is 0 Å². The molecule has 2 nitrogen and oxygen atoms in total. The zero-order chi connectivity index (χ0) is 7.73. The van der Waals surface area contributed by atoms with Gasteiger partial charge >= 0.3 is 0 Å². The number of nitrogens with two attached hydrogens (primary N) is 1. The molecule has 1 saturated heterocycles. The van der Waals surface area contributed by atoms with E-state index >= 15 is 0 Å². The van der Waals surface area contributed by atoms with Crippen LogP contribution in [0.1, 0.15) is 32.1 Å². The highest BCUT2D eigenvalue weighted by Crippen LogP contribution is 2.38. The number of piperidine rings is 1. The van der Waals surface area contributed by atoms with Crippen molar-refractivity contribution in [3.05, 3.63) is 0 Å². The van der Waals surface area contributed by atoms with Crippen molar-refractivity contribution < 1.29 is 0 Å². The van der Waals surface area contributed by atoms with Gasteiger partial charge in [0.1, 0.15) is 0 Å². The lowest BCUT2D eigenvalue weighted by molar-refractivity contribution is 0.279. The molecule has 0 aromatic carbocycles. The molecule has 3 N–H and O–H groups in total. The molecule has 2 aliphatic rings. The molecule has 0 unspecified atom stereocenters. The standard InChI is InChI=1S/C9H18N2.2ClH/c10-9(7-8-1-2-8)3-5-11-6-4-9;;/h8,11H,1-7,10H2;2*1H. The summed E-state index contributed by atoms with van der Waals surface area (Å²) in [7, 11) is 0. The van der Waals surface area contributed by atoms with Crippen molar-refractivity contribution in [3.8, 4) is 0 Å². The Kier molecular flexibility index (Phi) is 5.61. The van der Waals surface area contributed by atoms with Gasteiger partial charge in [0, 0.05) is 5.54 Å². The van der Waals surface area contributed by atoms with E-state index in [1.165, 1.54) is 32.1 Å². The van der Waals surface area contributed by atoms with Gasteiger partial charge in [-0.3, -0.25) is 0 Å². The van der Waals surface area contributed by atoms with E-state index in [-0.39, 0.29) is 30.4 Å². The average Bonchev–Trinajstić information content (AvgIpc) is 2.72. The van der Waals surface area contributed by atoms with Crippen molar-refractivity contribution in [3.63, 3.8) is 0 Å². The quantitative estimate of drug-likeness (QED) is 0.753. The first-order valence-corrected chi connectivity index (χ1v) is 4.78. The number of nitrogens with one attached hydrogen (secondary N) is 1.